The molecule has 1 amide bonds. The molecule has 0 atom stereocenters. The number of rotatable bonds is 7. The summed E-state index contributed by atoms with van der Waals surface area (Å²) in [4.78, 5) is 30.3. The Kier molecular flexibility index (Phi) is 7.22. The van der Waals surface area contributed by atoms with E-state index in [4.69, 9.17) is 14.6 Å². The van der Waals surface area contributed by atoms with Gasteiger partial charge in [-0.3, -0.25) is 9.69 Å². The minimum absolute atomic E-state index is 0.172. The maximum absolute atomic E-state index is 12.8. The lowest BCUT2D eigenvalue weighted by molar-refractivity contribution is -0.121. The predicted octanol–water partition coefficient (Wildman–Crippen LogP) is 5.51. The lowest BCUT2D eigenvalue weighted by Crippen LogP contribution is -2.23. The Bertz CT molecular complexity index is 1330. The molecule has 1 fully saturated rings. The summed E-state index contributed by atoms with van der Waals surface area (Å²) >= 11 is 1.25. The van der Waals surface area contributed by atoms with Gasteiger partial charge in [0.05, 0.1) is 23.3 Å². The molecule has 1 heterocycles. The number of carbonyl (C=O) groups excluding carboxylic acids is 1. The molecule has 35 heavy (non-hydrogen) atoms. The average molecular weight is 489 g/mol. The quantitative estimate of drug-likeness (QED) is 0.441. The van der Waals surface area contributed by atoms with Crippen LogP contribution in [-0.4, -0.2) is 41.2 Å². The number of aromatic carboxylic acids is 1. The van der Waals surface area contributed by atoms with Crippen LogP contribution in [0.15, 0.2) is 76.6 Å². The minimum atomic E-state index is -1.00. The summed E-state index contributed by atoms with van der Waals surface area (Å²) < 4.78 is 11.5. The minimum Gasteiger partial charge on any atom is -0.493 e. The number of carboxylic acid groups (broad SMARTS) is 1. The van der Waals surface area contributed by atoms with E-state index in [9.17, 15) is 9.59 Å². The molecule has 0 unspecified atom stereocenters. The first kappa shape index (κ1) is 24.1. The Balaban J connectivity index is 1.51. The van der Waals surface area contributed by atoms with Crippen LogP contribution in [0.4, 0.5) is 5.69 Å². The van der Waals surface area contributed by atoms with E-state index in [0.717, 1.165) is 11.1 Å². The van der Waals surface area contributed by atoms with Gasteiger partial charge < -0.3 is 14.6 Å². The van der Waals surface area contributed by atoms with Gasteiger partial charge >= 0.3 is 5.97 Å². The Morgan fingerprint density at radius 1 is 1.09 bits per heavy atom. The van der Waals surface area contributed by atoms with Crippen molar-refractivity contribution in [2.45, 2.75) is 13.5 Å². The number of carboxylic acids is 1. The Morgan fingerprint density at radius 2 is 1.86 bits per heavy atom. The van der Waals surface area contributed by atoms with Gasteiger partial charge in [0.25, 0.3) is 5.91 Å². The highest BCUT2D eigenvalue weighted by Crippen LogP contribution is 2.35. The molecule has 1 saturated heterocycles. The topological polar surface area (TPSA) is 88.4 Å². The standard InChI is InChI=1S/C27H24N2O5S/c1-17-5-4-6-19(13-17)16-34-22-12-7-18(14-23(22)33-3)15-24-25(30)29(2)27(35-24)28-21-10-8-20(9-11-21)26(31)32/h4-15H,16H2,1-3H3,(H,31,32)/b24-15-,28-27?. The first-order valence-electron chi connectivity index (χ1n) is 10.8. The second kappa shape index (κ2) is 10.5. The van der Waals surface area contributed by atoms with Crippen molar-refractivity contribution in [3.8, 4) is 11.5 Å². The molecule has 8 heteroatoms. The predicted molar refractivity (Wildman–Crippen MR) is 137 cm³/mol. The van der Waals surface area contributed by atoms with Gasteiger partial charge in [-0.1, -0.05) is 35.9 Å². The number of hydrogen-bond donors (Lipinski definition) is 1. The number of amidine groups is 1. The van der Waals surface area contributed by atoms with E-state index in [1.54, 1.807) is 32.4 Å². The molecule has 0 aromatic heterocycles. The zero-order valence-electron chi connectivity index (χ0n) is 19.5. The summed E-state index contributed by atoms with van der Waals surface area (Å²) in [5, 5.41) is 9.55. The number of carbonyl (C=O) groups is 2. The summed E-state index contributed by atoms with van der Waals surface area (Å²) in [5.74, 6) is 0.0163. The van der Waals surface area contributed by atoms with Gasteiger partial charge in [0.15, 0.2) is 16.7 Å². The Labute approximate surface area is 207 Å². The number of aliphatic imine (C=N–C) groups is 1. The summed E-state index contributed by atoms with van der Waals surface area (Å²) in [6.45, 7) is 2.46. The molecule has 178 valence electrons. The SMILES string of the molecule is COc1cc(/C=C2\SC(=Nc3ccc(C(=O)O)cc3)N(C)C2=O)ccc1OCc1cccc(C)c1. The largest absolute Gasteiger partial charge is 0.493 e. The van der Waals surface area contributed by atoms with Gasteiger partial charge in [-0.2, -0.15) is 0 Å². The number of hydrogen-bond acceptors (Lipinski definition) is 6. The van der Waals surface area contributed by atoms with Crippen LogP contribution in [0.25, 0.3) is 6.08 Å². The molecule has 4 rings (SSSR count). The van der Waals surface area contributed by atoms with Crippen molar-refractivity contribution in [1.82, 2.24) is 4.90 Å². The van der Waals surface area contributed by atoms with Crippen LogP contribution in [0.2, 0.25) is 0 Å². The maximum Gasteiger partial charge on any atom is 0.335 e. The lowest BCUT2D eigenvalue weighted by atomic mass is 10.1. The molecule has 0 saturated carbocycles. The van der Waals surface area contributed by atoms with Crippen molar-refractivity contribution in [3.63, 3.8) is 0 Å². The molecule has 3 aromatic rings. The van der Waals surface area contributed by atoms with Crippen molar-refractivity contribution in [3.05, 3.63) is 93.9 Å². The third-order valence-corrected chi connectivity index (χ3v) is 6.36. The molecular formula is C27H24N2O5S. The molecule has 1 aliphatic rings. The van der Waals surface area contributed by atoms with Gasteiger partial charge in [0.1, 0.15) is 6.61 Å². The lowest BCUT2D eigenvalue weighted by Gasteiger charge is -2.12. The molecule has 1 aliphatic heterocycles. The van der Waals surface area contributed by atoms with Crippen LogP contribution < -0.4 is 9.47 Å². The van der Waals surface area contributed by atoms with E-state index in [1.165, 1.54) is 34.4 Å². The van der Waals surface area contributed by atoms with Crippen LogP contribution in [0, 0.1) is 6.92 Å². The first-order chi connectivity index (χ1) is 16.8. The van der Waals surface area contributed by atoms with Gasteiger partial charge in [-0.15, -0.1) is 0 Å². The number of amides is 1. The van der Waals surface area contributed by atoms with Crippen LogP contribution in [0.3, 0.4) is 0 Å². The van der Waals surface area contributed by atoms with Gasteiger partial charge in [-0.25, -0.2) is 9.79 Å². The van der Waals surface area contributed by atoms with E-state index >= 15 is 0 Å². The maximum atomic E-state index is 12.8. The molecular weight excluding hydrogens is 464 g/mol. The smallest absolute Gasteiger partial charge is 0.335 e. The van der Waals surface area contributed by atoms with Gasteiger partial charge in [0, 0.05) is 7.05 Å². The summed E-state index contributed by atoms with van der Waals surface area (Å²) in [6.07, 6.45) is 1.78. The zero-order chi connectivity index (χ0) is 24.9. The van der Waals surface area contributed by atoms with Crippen LogP contribution in [0.5, 0.6) is 11.5 Å². The fraction of sp³-hybridized carbons (Fsp3) is 0.148. The van der Waals surface area contributed by atoms with Gasteiger partial charge in [-0.05, 0) is 72.3 Å². The van der Waals surface area contributed by atoms with E-state index in [0.29, 0.717) is 33.9 Å². The fourth-order valence-corrected chi connectivity index (χ4v) is 4.44. The average Bonchev–Trinajstić information content (AvgIpc) is 3.11. The van der Waals surface area contributed by atoms with Crippen LogP contribution in [-0.2, 0) is 11.4 Å². The van der Waals surface area contributed by atoms with Crippen molar-refractivity contribution in [2.24, 2.45) is 4.99 Å². The highest BCUT2D eigenvalue weighted by Gasteiger charge is 2.30. The summed E-state index contributed by atoms with van der Waals surface area (Å²) in [5.41, 5.74) is 3.78. The monoisotopic (exact) mass is 488 g/mol. The summed E-state index contributed by atoms with van der Waals surface area (Å²) in [7, 11) is 3.23. The highest BCUT2D eigenvalue weighted by atomic mass is 32.2. The van der Waals surface area contributed by atoms with Crippen molar-refractivity contribution < 1.29 is 24.2 Å². The van der Waals surface area contributed by atoms with E-state index < -0.39 is 5.97 Å². The van der Waals surface area contributed by atoms with E-state index in [-0.39, 0.29) is 11.5 Å². The molecule has 0 radical (unpaired) electrons. The number of likely N-dealkylation sites (N-methyl/N-ethyl adjacent to an activating group) is 1. The molecule has 7 nitrogen and oxygen atoms in total. The number of methoxy groups -OCH3 is 1. The first-order valence-corrected chi connectivity index (χ1v) is 11.6. The number of aryl methyl sites for hydroxylation is 1. The van der Waals surface area contributed by atoms with E-state index in [2.05, 4.69) is 11.1 Å². The number of nitrogens with zero attached hydrogens (tertiary/aromatic N) is 2. The molecule has 0 spiro atoms. The van der Waals surface area contributed by atoms with Crippen molar-refractivity contribution >= 4 is 40.6 Å². The molecule has 0 aliphatic carbocycles. The second-order valence-corrected chi connectivity index (χ2v) is 8.92. The highest BCUT2D eigenvalue weighted by molar-refractivity contribution is 8.18. The number of benzene rings is 3. The Hall–Kier alpha value is -4.04. The van der Waals surface area contributed by atoms with Gasteiger partial charge in [0.2, 0.25) is 0 Å². The van der Waals surface area contributed by atoms with Crippen molar-refractivity contribution in [2.75, 3.05) is 14.2 Å². The van der Waals surface area contributed by atoms with Crippen molar-refractivity contribution in [1.29, 1.82) is 0 Å². The van der Waals surface area contributed by atoms with Crippen LogP contribution >= 0.6 is 11.8 Å². The third-order valence-electron chi connectivity index (χ3n) is 5.30. The Morgan fingerprint density at radius 3 is 2.54 bits per heavy atom. The summed E-state index contributed by atoms with van der Waals surface area (Å²) in [6, 6.07) is 19.8. The number of ether oxygens (including phenoxy) is 2. The molecule has 1 N–H and O–H groups in total. The number of thioether (sulfide) groups is 1. The third kappa shape index (κ3) is 5.73. The van der Waals surface area contributed by atoms with E-state index in [1.807, 2.05) is 43.3 Å². The molecule has 3 aromatic carbocycles. The fourth-order valence-electron chi connectivity index (χ4n) is 3.45. The normalized spacial score (nSPS) is 15.6. The van der Waals surface area contributed by atoms with Crippen LogP contribution in [0.1, 0.15) is 27.0 Å². The zero-order valence-corrected chi connectivity index (χ0v) is 20.3. The second-order valence-electron chi connectivity index (χ2n) is 7.91. The molecule has 0 bridgehead atoms.